The van der Waals surface area contributed by atoms with E-state index in [1.54, 1.807) is 11.1 Å². The van der Waals surface area contributed by atoms with E-state index >= 15 is 0 Å². The van der Waals surface area contributed by atoms with Crippen LogP contribution in [0.4, 0.5) is 0 Å². The SMILES string of the molecule is C=CN1CCC(C=Cc2ccc(C(C)(C)C)cc2)C1=O. The van der Waals surface area contributed by atoms with E-state index in [1.165, 1.54) is 5.56 Å². The van der Waals surface area contributed by atoms with Gasteiger partial charge in [-0.25, -0.2) is 0 Å². The van der Waals surface area contributed by atoms with Gasteiger partial charge in [-0.15, -0.1) is 0 Å². The fourth-order valence-electron chi connectivity index (χ4n) is 2.41. The van der Waals surface area contributed by atoms with Crippen molar-refractivity contribution in [1.29, 1.82) is 0 Å². The molecule has 2 heteroatoms. The molecule has 1 saturated heterocycles. The van der Waals surface area contributed by atoms with Crippen LogP contribution >= 0.6 is 0 Å². The van der Waals surface area contributed by atoms with Gasteiger partial charge < -0.3 is 4.90 Å². The summed E-state index contributed by atoms with van der Waals surface area (Å²) in [6.45, 7) is 11.1. The number of nitrogens with zero attached hydrogens (tertiary/aromatic N) is 1. The molecule has 0 aromatic heterocycles. The standard InChI is InChI=1S/C18H23NO/c1-5-19-13-12-15(17(19)20)9-6-14-7-10-16(11-8-14)18(2,3)4/h5-11,15H,1,12-13H2,2-4H3. The summed E-state index contributed by atoms with van der Waals surface area (Å²) in [5.41, 5.74) is 2.64. The average molecular weight is 269 g/mol. The van der Waals surface area contributed by atoms with E-state index in [-0.39, 0.29) is 17.2 Å². The van der Waals surface area contributed by atoms with Crippen molar-refractivity contribution in [2.24, 2.45) is 5.92 Å². The maximum atomic E-state index is 11.9. The number of amides is 1. The average Bonchev–Trinajstić information content (AvgIpc) is 2.76. The van der Waals surface area contributed by atoms with Crippen LogP contribution in [0.5, 0.6) is 0 Å². The number of rotatable bonds is 3. The van der Waals surface area contributed by atoms with Crippen LogP contribution < -0.4 is 0 Å². The fraction of sp³-hybridized carbons (Fsp3) is 0.389. The van der Waals surface area contributed by atoms with Crippen molar-refractivity contribution in [2.45, 2.75) is 32.6 Å². The van der Waals surface area contributed by atoms with Crippen molar-refractivity contribution < 1.29 is 4.79 Å². The van der Waals surface area contributed by atoms with Gasteiger partial charge in [0.25, 0.3) is 0 Å². The van der Waals surface area contributed by atoms with E-state index in [2.05, 4.69) is 51.6 Å². The van der Waals surface area contributed by atoms with E-state index in [9.17, 15) is 4.79 Å². The molecule has 0 radical (unpaired) electrons. The molecule has 1 aliphatic heterocycles. The van der Waals surface area contributed by atoms with Gasteiger partial charge in [0.2, 0.25) is 5.91 Å². The van der Waals surface area contributed by atoms with Crippen LogP contribution in [0.1, 0.15) is 38.3 Å². The summed E-state index contributed by atoms with van der Waals surface area (Å²) in [6.07, 6.45) is 6.55. The van der Waals surface area contributed by atoms with Crippen LogP contribution in [0.15, 0.2) is 43.1 Å². The second kappa shape index (κ2) is 5.66. The Morgan fingerprint density at radius 3 is 2.40 bits per heavy atom. The van der Waals surface area contributed by atoms with E-state index in [0.29, 0.717) is 0 Å². The lowest BCUT2D eigenvalue weighted by atomic mass is 9.86. The van der Waals surface area contributed by atoms with E-state index in [1.807, 2.05) is 12.2 Å². The molecule has 20 heavy (non-hydrogen) atoms. The molecule has 1 heterocycles. The minimum atomic E-state index is -0.00436. The highest BCUT2D eigenvalue weighted by molar-refractivity contribution is 5.84. The van der Waals surface area contributed by atoms with Crippen molar-refractivity contribution in [3.05, 3.63) is 54.2 Å². The topological polar surface area (TPSA) is 20.3 Å². The summed E-state index contributed by atoms with van der Waals surface area (Å²) >= 11 is 0. The molecular formula is C18H23NO. The first-order valence-electron chi connectivity index (χ1n) is 7.13. The lowest BCUT2D eigenvalue weighted by Gasteiger charge is -2.18. The lowest BCUT2D eigenvalue weighted by Crippen LogP contribution is -2.20. The summed E-state index contributed by atoms with van der Waals surface area (Å²) in [7, 11) is 0. The number of hydrogen-bond donors (Lipinski definition) is 0. The Hall–Kier alpha value is -1.83. The van der Waals surface area contributed by atoms with Crippen LogP contribution in [0, 0.1) is 5.92 Å². The molecule has 0 spiro atoms. The molecule has 1 aliphatic rings. The maximum absolute atomic E-state index is 11.9. The highest BCUT2D eigenvalue weighted by Crippen LogP contribution is 2.24. The van der Waals surface area contributed by atoms with Crippen molar-refractivity contribution in [3.63, 3.8) is 0 Å². The normalized spacial score (nSPS) is 19.9. The highest BCUT2D eigenvalue weighted by Gasteiger charge is 2.27. The van der Waals surface area contributed by atoms with Gasteiger partial charge in [0, 0.05) is 6.54 Å². The van der Waals surface area contributed by atoms with Gasteiger partial charge in [-0.05, 0) is 29.2 Å². The smallest absolute Gasteiger partial charge is 0.233 e. The first kappa shape index (κ1) is 14.6. The molecule has 0 bridgehead atoms. The first-order chi connectivity index (χ1) is 9.41. The summed E-state index contributed by atoms with van der Waals surface area (Å²) < 4.78 is 0. The third-order valence-corrected chi connectivity index (χ3v) is 3.80. The molecule has 1 unspecified atom stereocenters. The molecule has 2 rings (SSSR count). The van der Waals surface area contributed by atoms with Gasteiger partial charge in [0.1, 0.15) is 0 Å². The predicted molar refractivity (Wildman–Crippen MR) is 84.2 cm³/mol. The molecule has 1 fully saturated rings. The van der Waals surface area contributed by atoms with Crippen molar-refractivity contribution in [3.8, 4) is 0 Å². The molecule has 106 valence electrons. The van der Waals surface area contributed by atoms with E-state index < -0.39 is 0 Å². The molecule has 1 aromatic rings. The van der Waals surface area contributed by atoms with Crippen LogP contribution in [0.3, 0.4) is 0 Å². The Bertz CT molecular complexity index is 519. The quantitative estimate of drug-likeness (QED) is 0.812. The maximum Gasteiger partial charge on any atom is 0.233 e. The molecule has 1 amide bonds. The van der Waals surface area contributed by atoms with E-state index in [0.717, 1.165) is 18.5 Å². The Labute approximate surface area is 121 Å². The van der Waals surface area contributed by atoms with Gasteiger partial charge in [-0.2, -0.15) is 0 Å². The monoisotopic (exact) mass is 269 g/mol. The van der Waals surface area contributed by atoms with Crippen LogP contribution in [-0.4, -0.2) is 17.4 Å². The molecular weight excluding hydrogens is 246 g/mol. The summed E-state index contributed by atoms with van der Waals surface area (Å²) in [6, 6.07) is 8.54. The van der Waals surface area contributed by atoms with Gasteiger partial charge in [-0.3, -0.25) is 4.79 Å². The van der Waals surface area contributed by atoms with Crippen molar-refractivity contribution in [1.82, 2.24) is 4.90 Å². The third-order valence-electron chi connectivity index (χ3n) is 3.80. The zero-order valence-corrected chi connectivity index (χ0v) is 12.6. The summed E-state index contributed by atoms with van der Waals surface area (Å²) in [5.74, 6) is 0.151. The van der Waals surface area contributed by atoms with Gasteiger partial charge >= 0.3 is 0 Å². The Morgan fingerprint density at radius 2 is 1.90 bits per heavy atom. The lowest BCUT2D eigenvalue weighted by molar-refractivity contribution is -0.127. The van der Waals surface area contributed by atoms with Gasteiger partial charge in [0.15, 0.2) is 0 Å². The van der Waals surface area contributed by atoms with Gasteiger partial charge in [0.05, 0.1) is 5.92 Å². The Morgan fingerprint density at radius 1 is 1.25 bits per heavy atom. The largest absolute Gasteiger partial charge is 0.319 e. The second-order valence-corrected chi connectivity index (χ2v) is 6.34. The minimum absolute atomic E-state index is 0.00436. The number of benzene rings is 1. The molecule has 1 aromatic carbocycles. The molecule has 1 atom stereocenters. The highest BCUT2D eigenvalue weighted by atomic mass is 16.2. The summed E-state index contributed by atoms with van der Waals surface area (Å²) in [5, 5.41) is 0. The zero-order valence-electron chi connectivity index (χ0n) is 12.6. The zero-order chi connectivity index (χ0) is 14.8. The second-order valence-electron chi connectivity index (χ2n) is 6.34. The Balaban J connectivity index is 2.05. The number of carbonyl (C=O) groups excluding carboxylic acids is 1. The van der Waals surface area contributed by atoms with Crippen LogP contribution in [0.25, 0.3) is 6.08 Å². The molecule has 0 saturated carbocycles. The minimum Gasteiger partial charge on any atom is -0.319 e. The van der Waals surface area contributed by atoms with Crippen molar-refractivity contribution >= 4 is 12.0 Å². The predicted octanol–water partition coefficient (Wildman–Crippen LogP) is 3.99. The fourth-order valence-corrected chi connectivity index (χ4v) is 2.41. The van der Waals surface area contributed by atoms with Crippen LogP contribution in [-0.2, 0) is 10.2 Å². The first-order valence-corrected chi connectivity index (χ1v) is 7.13. The molecule has 0 N–H and O–H groups in total. The number of likely N-dealkylation sites (tertiary alicyclic amines) is 1. The Kier molecular flexibility index (Phi) is 4.12. The van der Waals surface area contributed by atoms with Gasteiger partial charge in [-0.1, -0.05) is 63.8 Å². The number of hydrogen-bond acceptors (Lipinski definition) is 1. The number of carbonyl (C=O) groups is 1. The van der Waals surface area contributed by atoms with Crippen molar-refractivity contribution in [2.75, 3.05) is 6.54 Å². The molecule has 2 nitrogen and oxygen atoms in total. The molecule has 0 aliphatic carbocycles. The van der Waals surface area contributed by atoms with Crippen LogP contribution in [0.2, 0.25) is 0 Å². The van der Waals surface area contributed by atoms with E-state index in [4.69, 9.17) is 0 Å². The third kappa shape index (κ3) is 3.19. The summed E-state index contributed by atoms with van der Waals surface area (Å²) in [4.78, 5) is 13.6.